The molecule has 0 aliphatic rings. The molecule has 100 valence electrons. The number of rotatable bonds is 5. The zero-order valence-electron chi connectivity index (χ0n) is 11.3. The van der Waals surface area contributed by atoms with Crippen molar-refractivity contribution in [3.63, 3.8) is 0 Å². The number of thiazole rings is 1. The fourth-order valence-electron chi connectivity index (χ4n) is 1.82. The molecule has 2 heterocycles. The van der Waals surface area contributed by atoms with E-state index >= 15 is 0 Å². The summed E-state index contributed by atoms with van der Waals surface area (Å²) in [5.41, 5.74) is 2.06. The van der Waals surface area contributed by atoms with Gasteiger partial charge in [-0.15, -0.1) is 0 Å². The molecular weight excluding hydrogens is 258 g/mol. The molecule has 2 aromatic rings. The summed E-state index contributed by atoms with van der Waals surface area (Å²) in [5.74, 6) is 0.263. The molecule has 0 saturated carbocycles. The van der Waals surface area contributed by atoms with Gasteiger partial charge in [0.1, 0.15) is 0 Å². The van der Waals surface area contributed by atoms with Gasteiger partial charge in [-0.2, -0.15) is 0 Å². The first kappa shape index (κ1) is 13.7. The lowest BCUT2D eigenvalue weighted by molar-refractivity contribution is 0.112. The third-order valence-electron chi connectivity index (χ3n) is 2.82. The van der Waals surface area contributed by atoms with E-state index in [4.69, 9.17) is 0 Å². The molecule has 19 heavy (non-hydrogen) atoms. The molecule has 0 bridgehead atoms. The lowest BCUT2D eigenvalue weighted by atomic mass is 10.1. The molecular formula is C14H17N3OS. The predicted octanol–water partition coefficient (Wildman–Crippen LogP) is 3.11. The number of carbonyl (C=O) groups is 1. The third kappa shape index (κ3) is 3.17. The molecule has 5 heteroatoms. The van der Waals surface area contributed by atoms with Crippen molar-refractivity contribution in [3.05, 3.63) is 40.7 Å². The van der Waals surface area contributed by atoms with Crippen molar-refractivity contribution in [2.45, 2.75) is 26.3 Å². The van der Waals surface area contributed by atoms with Crippen LogP contribution in [0.3, 0.4) is 0 Å². The van der Waals surface area contributed by atoms with Crippen LogP contribution in [0.25, 0.3) is 0 Å². The second-order valence-corrected chi connectivity index (χ2v) is 5.74. The summed E-state index contributed by atoms with van der Waals surface area (Å²) in [5, 5.41) is 0.877. The monoisotopic (exact) mass is 275 g/mol. The van der Waals surface area contributed by atoms with Gasteiger partial charge in [-0.3, -0.25) is 9.78 Å². The van der Waals surface area contributed by atoms with Gasteiger partial charge >= 0.3 is 0 Å². The number of aldehydes is 1. The van der Waals surface area contributed by atoms with Crippen molar-refractivity contribution in [3.8, 4) is 0 Å². The number of carbonyl (C=O) groups excluding carboxylic acids is 1. The highest BCUT2D eigenvalue weighted by Crippen LogP contribution is 2.29. The average molecular weight is 275 g/mol. The number of nitrogens with zero attached hydrogens (tertiary/aromatic N) is 3. The molecule has 0 aliphatic heterocycles. The Morgan fingerprint density at radius 1 is 1.37 bits per heavy atom. The summed E-state index contributed by atoms with van der Waals surface area (Å²) >= 11 is 1.45. The smallest absolute Gasteiger partial charge is 0.186 e. The Morgan fingerprint density at radius 2 is 2.05 bits per heavy atom. The average Bonchev–Trinajstić information content (AvgIpc) is 2.84. The van der Waals surface area contributed by atoms with E-state index in [0.717, 1.165) is 28.5 Å². The molecule has 0 N–H and O–H groups in total. The molecule has 0 fully saturated rings. The van der Waals surface area contributed by atoms with E-state index in [9.17, 15) is 4.79 Å². The van der Waals surface area contributed by atoms with Gasteiger partial charge in [0.25, 0.3) is 0 Å². The van der Waals surface area contributed by atoms with Gasteiger partial charge in [-0.05, 0) is 23.6 Å². The van der Waals surface area contributed by atoms with E-state index in [-0.39, 0.29) is 5.92 Å². The topological polar surface area (TPSA) is 46.1 Å². The van der Waals surface area contributed by atoms with Crippen LogP contribution < -0.4 is 4.90 Å². The van der Waals surface area contributed by atoms with Crippen molar-refractivity contribution in [2.75, 3.05) is 11.9 Å². The van der Waals surface area contributed by atoms with Crippen LogP contribution in [-0.4, -0.2) is 23.3 Å². The van der Waals surface area contributed by atoms with Gasteiger partial charge in [-0.1, -0.05) is 25.2 Å². The van der Waals surface area contributed by atoms with Crippen molar-refractivity contribution in [1.82, 2.24) is 9.97 Å². The first-order chi connectivity index (χ1) is 9.11. The Labute approximate surface area is 117 Å². The number of pyridine rings is 1. The van der Waals surface area contributed by atoms with Gasteiger partial charge in [0.2, 0.25) is 0 Å². The fourth-order valence-corrected chi connectivity index (χ4v) is 2.82. The Morgan fingerprint density at radius 3 is 2.58 bits per heavy atom. The molecule has 2 aromatic heterocycles. The van der Waals surface area contributed by atoms with Crippen molar-refractivity contribution >= 4 is 22.8 Å². The Hall–Kier alpha value is -1.75. The van der Waals surface area contributed by atoms with E-state index in [1.165, 1.54) is 16.9 Å². The minimum Gasteiger partial charge on any atom is -0.347 e. The molecule has 0 atom stereocenters. The highest BCUT2D eigenvalue weighted by atomic mass is 32.1. The number of aromatic nitrogens is 2. The lowest BCUT2D eigenvalue weighted by Crippen LogP contribution is -2.16. The van der Waals surface area contributed by atoms with Crippen LogP contribution >= 0.6 is 11.3 Å². The van der Waals surface area contributed by atoms with Gasteiger partial charge in [-0.25, -0.2) is 4.98 Å². The Bertz CT molecular complexity index is 551. The summed E-state index contributed by atoms with van der Waals surface area (Å²) in [4.78, 5) is 22.4. The van der Waals surface area contributed by atoms with Crippen LogP contribution in [0, 0.1) is 0 Å². The maximum absolute atomic E-state index is 11.1. The van der Waals surface area contributed by atoms with Crippen molar-refractivity contribution in [2.24, 2.45) is 0 Å². The molecule has 0 unspecified atom stereocenters. The molecule has 2 rings (SSSR count). The summed E-state index contributed by atoms with van der Waals surface area (Å²) in [6, 6.07) is 3.96. The standard InChI is InChI=1S/C14H17N3OS/c1-10(2)13-12(9-18)19-14(16-13)17(3)8-11-4-6-15-7-5-11/h4-7,9-10H,8H2,1-3H3. The quantitative estimate of drug-likeness (QED) is 0.787. The molecule has 0 radical (unpaired) electrons. The van der Waals surface area contributed by atoms with Gasteiger partial charge in [0.05, 0.1) is 10.6 Å². The van der Waals surface area contributed by atoms with Gasteiger partial charge in [0, 0.05) is 26.0 Å². The van der Waals surface area contributed by atoms with Crippen LogP contribution in [0.5, 0.6) is 0 Å². The zero-order chi connectivity index (χ0) is 13.8. The van der Waals surface area contributed by atoms with E-state index < -0.39 is 0 Å². The minimum absolute atomic E-state index is 0.263. The summed E-state index contributed by atoms with van der Waals surface area (Å²) in [6.07, 6.45) is 4.46. The molecule has 0 aromatic carbocycles. The SMILES string of the molecule is CC(C)c1nc(N(C)Cc2ccncc2)sc1C=O. The molecule has 4 nitrogen and oxygen atoms in total. The normalized spacial score (nSPS) is 10.7. The first-order valence-electron chi connectivity index (χ1n) is 6.17. The van der Waals surface area contributed by atoms with Crippen LogP contribution in [0.15, 0.2) is 24.5 Å². The van der Waals surface area contributed by atoms with E-state index in [0.29, 0.717) is 0 Å². The highest BCUT2D eigenvalue weighted by molar-refractivity contribution is 7.17. The van der Waals surface area contributed by atoms with Crippen LogP contribution in [0.1, 0.15) is 40.7 Å². The number of hydrogen-bond donors (Lipinski definition) is 0. The van der Waals surface area contributed by atoms with E-state index in [1.54, 1.807) is 12.4 Å². The van der Waals surface area contributed by atoms with Gasteiger partial charge in [0.15, 0.2) is 11.4 Å². The van der Waals surface area contributed by atoms with Crippen molar-refractivity contribution < 1.29 is 4.79 Å². The second-order valence-electron chi connectivity index (χ2n) is 4.73. The second kappa shape index (κ2) is 5.93. The van der Waals surface area contributed by atoms with Crippen LogP contribution in [-0.2, 0) is 6.54 Å². The molecule has 0 aliphatic carbocycles. The molecule has 0 amide bonds. The van der Waals surface area contributed by atoms with Crippen LogP contribution in [0.4, 0.5) is 5.13 Å². The van der Waals surface area contributed by atoms with Crippen molar-refractivity contribution in [1.29, 1.82) is 0 Å². The lowest BCUT2D eigenvalue weighted by Gasteiger charge is -2.15. The number of hydrogen-bond acceptors (Lipinski definition) is 5. The fraction of sp³-hybridized carbons (Fsp3) is 0.357. The third-order valence-corrected chi connectivity index (χ3v) is 3.93. The summed E-state index contributed by atoms with van der Waals surface area (Å²) in [7, 11) is 1.98. The summed E-state index contributed by atoms with van der Waals surface area (Å²) < 4.78 is 0. The van der Waals surface area contributed by atoms with E-state index in [1.807, 2.05) is 19.2 Å². The maximum atomic E-state index is 11.1. The first-order valence-corrected chi connectivity index (χ1v) is 6.99. The maximum Gasteiger partial charge on any atom is 0.186 e. The molecule has 0 saturated heterocycles. The highest BCUT2D eigenvalue weighted by Gasteiger charge is 2.16. The Kier molecular flexibility index (Phi) is 4.27. The van der Waals surface area contributed by atoms with E-state index in [2.05, 4.69) is 28.7 Å². The minimum atomic E-state index is 0.263. The molecule has 0 spiro atoms. The predicted molar refractivity (Wildman–Crippen MR) is 77.9 cm³/mol. The Balaban J connectivity index is 2.20. The van der Waals surface area contributed by atoms with Gasteiger partial charge < -0.3 is 4.90 Å². The number of anilines is 1. The van der Waals surface area contributed by atoms with Crippen LogP contribution in [0.2, 0.25) is 0 Å². The largest absolute Gasteiger partial charge is 0.347 e. The zero-order valence-corrected chi connectivity index (χ0v) is 12.1. The summed E-state index contributed by atoms with van der Waals surface area (Å²) in [6.45, 7) is 4.86.